The van der Waals surface area contributed by atoms with E-state index in [0.29, 0.717) is 38.4 Å². The molecule has 6 nitrogen and oxygen atoms in total. The minimum absolute atomic E-state index is 0.0210. The number of unbranched alkanes of at least 4 members (excludes halogenated alkanes) is 1. The number of amides is 1. The number of carbonyl (C=O) groups is 1. The van der Waals surface area contributed by atoms with Crippen molar-refractivity contribution in [3.63, 3.8) is 0 Å². The Hall–Kier alpha value is -3.06. The van der Waals surface area contributed by atoms with Gasteiger partial charge in [-0.25, -0.2) is 4.39 Å². The van der Waals surface area contributed by atoms with Gasteiger partial charge in [-0.3, -0.25) is 9.69 Å². The van der Waals surface area contributed by atoms with E-state index in [-0.39, 0.29) is 17.8 Å². The van der Waals surface area contributed by atoms with Gasteiger partial charge in [-0.05, 0) is 48.1 Å². The predicted molar refractivity (Wildman–Crippen MR) is 119 cm³/mol. The zero-order valence-electron chi connectivity index (χ0n) is 18.4. The molecule has 1 atom stereocenters. The number of hydrogen-bond donors (Lipinski definition) is 1. The van der Waals surface area contributed by atoms with Gasteiger partial charge >= 0.3 is 0 Å². The van der Waals surface area contributed by atoms with Gasteiger partial charge in [0.25, 0.3) is 0 Å². The van der Waals surface area contributed by atoms with Crippen LogP contribution in [-0.2, 0) is 37.1 Å². The number of halogens is 1. The van der Waals surface area contributed by atoms with Crippen molar-refractivity contribution < 1.29 is 13.7 Å². The van der Waals surface area contributed by atoms with Crippen molar-refractivity contribution in [2.24, 2.45) is 0 Å². The standard InChI is InChI=1S/C25H29FN4O2/c1-2-3-8-23-28-24(32-29-23)17-30-16-20-7-5-4-6-19(20)15-22(30)25(31)27-14-13-18-9-11-21(26)12-10-18/h4-7,9-12,22H,2-3,8,13-17H2,1H3,(H,27,31). The largest absolute Gasteiger partial charge is 0.354 e. The first kappa shape index (κ1) is 22.1. The lowest BCUT2D eigenvalue weighted by atomic mass is 9.93. The third kappa shape index (κ3) is 5.59. The van der Waals surface area contributed by atoms with Gasteiger partial charge in [-0.15, -0.1) is 0 Å². The number of rotatable bonds is 9. The summed E-state index contributed by atoms with van der Waals surface area (Å²) in [5, 5.41) is 7.14. The fourth-order valence-electron chi connectivity index (χ4n) is 4.07. The van der Waals surface area contributed by atoms with Crippen molar-refractivity contribution >= 4 is 5.91 Å². The molecular weight excluding hydrogens is 407 g/mol. The zero-order valence-corrected chi connectivity index (χ0v) is 18.4. The van der Waals surface area contributed by atoms with Gasteiger partial charge in [0.1, 0.15) is 5.82 Å². The molecule has 0 saturated carbocycles. The van der Waals surface area contributed by atoms with Gasteiger partial charge in [-0.1, -0.05) is 54.9 Å². The second-order valence-corrected chi connectivity index (χ2v) is 8.27. The van der Waals surface area contributed by atoms with Crippen LogP contribution in [0.1, 0.15) is 48.2 Å². The van der Waals surface area contributed by atoms with Crippen LogP contribution in [0.3, 0.4) is 0 Å². The summed E-state index contributed by atoms with van der Waals surface area (Å²) in [7, 11) is 0. The summed E-state index contributed by atoms with van der Waals surface area (Å²) in [6, 6.07) is 14.3. The van der Waals surface area contributed by atoms with E-state index in [2.05, 4.69) is 39.4 Å². The smallest absolute Gasteiger partial charge is 0.240 e. The van der Waals surface area contributed by atoms with E-state index in [4.69, 9.17) is 4.52 Å². The van der Waals surface area contributed by atoms with Crippen molar-refractivity contribution in [3.8, 4) is 0 Å². The molecule has 7 heteroatoms. The summed E-state index contributed by atoms with van der Waals surface area (Å²) in [5.41, 5.74) is 3.40. The molecule has 1 N–H and O–H groups in total. The van der Waals surface area contributed by atoms with Crippen molar-refractivity contribution in [1.29, 1.82) is 0 Å². The maximum atomic E-state index is 13.1. The van der Waals surface area contributed by atoms with Crippen LogP contribution in [0.4, 0.5) is 4.39 Å². The second kappa shape index (κ2) is 10.5. The van der Waals surface area contributed by atoms with Crippen LogP contribution < -0.4 is 5.32 Å². The Morgan fingerprint density at radius 2 is 1.94 bits per heavy atom. The van der Waals surface area contributed by atoms with Crippen LogP contribution in [0.2, 0.25) is 0 Å². The number of carbonyl (C=O) groups excluding carboxylic acids is 1. The zero-order chi connectivity index (χ0) is 22.3. The third-order valence-electron chi connectivity index (χ3n) is 5.88. The predicted octanol–water partition coefficient (Wildman–Crippen LogP) is 3.84. The normalized spacial score (nSPS) is 16.0. The Balaban J connectivity index is 1.42. The molecule has 4 rings (SSSR count). The maximum Gasteiger partial charge on any atom is 0.240 e. The van der Waals surface area contributed by atoms with E-state index in [1.54, 1.807) is 12.1 Å². The number of nitrogens with zero attached hydrogens (tertiary/aromatic N) is 3. The second-order valence-electron chi connectivity index (χ2n) is 8.27. The Bertz CT molecular complexity index is 1030. The number of benzene rings is 2. The highest BCUT2D eigenvalue weighted by Crippen LogP contribution is 2.25. The first-order chi connectivity index (χ1) is 15.6. The number of fused-ring (bicyclic) bond motifs is 1. The summed E-state index contributed by atoms with van der Waals surface area (Å²) in [5.74, 6) is 0.986. The fourth-order valence-corrected chi connectivity index (χ4v) is 4.07. The van der Waals surface area contributed by atoms with Gasteiger partial charge < -0.3 is 9.84 Å². The summed E-state index contributed by atoms with van der Waals surface area (Å²) in [4.78, 5) is 19.7. The first-order valence-electron chi connectivity index (χ1n) is 11.3. The van der Waals surface area contributed by atoms with Crippen LogP contribution in [0.15, 0.2) is 53.1 Å². The monoisotopic (exact) mass is 436 g/mol. The molecule has 0 radical (unpaired) electrons. The fraction of sp³-hybridized carbons (Fsp3) is 0.400. The highest BCUT2D eigenvalue weighted by atomic mass is 19.1. The number of aryl methyl sites for hydroxylation is 1. The quantitative estimate of drug-likeness (QED) is 0.552. The van der Waals surface area contributed by atoms with Crippen molar-refractivity contribution in [1.82, 2.24) is 20.4 Å². The van der Waals surface area contributed by atoms with Gasteiger partial charge in [-0.2, -0.15) is 4.98 Å². The highest BCUT2D eigenvalue weighted by molar-refractivity contribution is 5.82. The molecule has 1 aliphatic rings. The molecule has 0 spiro atoms. The average molecular weight is 437 g/mol. The van der Waals surface area contributed by atoms with E-state index >= 15 is 0 Å². The number of nitrogens with one attached hydrogen (secondary N) is 1. The lowest BCUT2D eigenvalue weighted by Crippen LogP contribution is -2.50. The molecule has 1 amide bonds. The summed E-state index contributed by atoms with van der Waals surface area (Å²) in [6.07, 6.45) is 4.19. The molecule has 2 aromatic carbocycles. The van der Waals surface area contributed by atoms with Crippen LogP contribution in [0.25, 0.3) is 0 Å². The Kier molecular flexibility index (Phi) is 7.27. The molecule has 0 fully saturated rings. The van der Waals surface area contributed by atoms with Gasteiger partial charge in [0.2, 0.25) is 11.8 Å². The van der Waals surface area contributed by atoms with E-state index in [1.807, 2.05) is 12.1 Å². The molecule has 32 heavy (non-hydrogen) atoms. The lowest BCUT2D eigenvalue weighted by molar-refractivity contribution is -0.127. The molecule has 0 saturated heterocycles. The summed E-state index contributed by atoms with van der Waals surface area (Å²) in [6.45, 7) is 3.71. The van der Waals surface area contributed by atoms with E-state index < -0.39 is 0 Å². The highest BCUT2D eigenvalue weighted by Gasteiger charge is 2.32. The SMILES string of the molecule is CCCCc1noc(CN2Cc3ccccc3CC2C(=O)NCCc2ccc(F)cc2)n1. The maximum absolute atomic E-state index is 13.1. The van der Waals surface area contributed by atoms with Gasteiger partial charge in [0, 0.05) is 19.5 Å². The van der Waals surface area contributed by atoms with Crippen molar-refractivity contribution in [2.75, 3.05) is 6.54 Å². The Morgan fingerprint density at radius 3 is 2.72 bits per heavy atom. The van der Waals surface area contributed by atoms with Crippen LogP contribution in [-0.4, -0.2) is 33.5 Å². The van der Waals surface area contributed by atoms with Crippen LogP contribution in [0, 0.1) is 5.82 Å². The van der Waals surface area contributed by atoms with E-state index in [9.17, 15) is 9.18 Å². The molecule has 1 unspecified atom stereocenters. The molecule has 1 aromatic heterocycles. The molecule has 2 heterocycles. The summed E-state index contributed by atoms with van der Waals surface area (Å²) < 4.78 is 18.6. The van der Waals surface area contributed by atoms with Crippen LogP contribution >= 0.6 is 0 Å². The minimum Gasteiger partial charge on any atom is -0.354 e. The topological polar surface area (TPSA) is 71.3 Å². The minimum atomic E-state index is -0.316. The van der Waals surface area contributed by atoms with E-state index in [1.165, 1.54) is 23.3 Å². The van der Waals surface area contributed by atoms with E-state index in [0.717, 1.165) is 30.7 Å². The number of aromatic nitrogens is 2. The molecule has 0 aliphatic carbocycles. The lowest BCUT2D eigenvalue weighted by Gasteiger charge is -2.35. The average Bonchev–Trinajstić information content (AvgIpc) is 3.25. The molecule has 0 bridgehead atoms. The van der Waals surface area contributed by atoms with Crippen molar-refractivity contribution in [3.05, 3.63) is 82.8 Å². The third-order valence-corrected chi connectivity index (χ3v) is 5.88. The Labute approximate surface area is 187 Å². The molecule has 1 aliphatic heterocycles. The molecular formula is C25H29FN4O2. The molecule has 3 aromatic rings. The first-order valence-corrected chi connectivity index (χ1v) is 11.3. The van der Waals surface area contributed by atoms with Gasteiger partial charge in [0.15, 0.2) is 5.82 Å². The van der Waals surface area contributed by atoms with Crippen molar-refractivity contribution in [2.45, 2.75) is 58.2 Å². The Morgan fingerprint density at radius 1 is 1.16 bits per heavy atom. The molecule has 168 valence electrons. The van der Waals surface area contributed by atoms with Crippen LogP contribution in [0.5, 0.6) is 0 Å². The van der Waals surface area contributed by atoms with Gasteiger partial charge in [0.05, 0.1) is 12.6 Å². The number of hydrogen-bond acceptors (Lipinski definition) is 5. The summed E-state index contributed by atoms with van der Waals surface area (Å²) >= 11 is 0.